The maximum atomic E-state index is 12.0. The first-order chi connectivity index (χ1) is 11.7. The number of sulfonamides is 1. The summed E-state index contributed by atoms with van der Waals surface area (Å²) in [7, 11) is -3.68. The Bertz CT molecular complexity index is 858. The second-order valence-electron chi connectivity index (χ2n) is 5.73. The molecule has 0 heterocycles. The van der Waals surface area contributed by atoms with Gasteiger partial charge in [-0.05, 0) is 61.2 Å². The SMILES string of the molecule is Cc1cc(Br)cc(C)c1NC(=O)NCCc1ccc(S(N)(=O)=O)cc1. The van der Waals surface area contributed by atoms with Crippen LogP contribution in [0, 0.1) is 13.8 Å². The number of carbonyl (C=O) groups excluding carboxylic acids is 1. The number of nitrogens with one attached hydrogen (secondary N) is 2. The first-order valence-electron chi connectivity index (χ1n) is 7.60. The van der Waals surface area contributed by atoms with E-state index in [0.717, 1.165) is 26.9 Å². The van der Waals surface area contributed by atoms with Crippen molar-refractivity contribution in [3.8, 4) is 0 Å². The van der Waals surface area contributed by atoms with Crippen LogP contribution in [0.15, 0.2) is 45.8 Å². The fourth-order valence-corrected chi connectivity index (χ4v) is 3.63. The Balaban J connectivity index is 1.89. The van der Waals surface area contributed by atoms with E-state index in [0.29, 0.717) is 13.0 Å². The highest BCUT2D eigenvalue weighted by molar-refractivity contribution is 9.10. The summed E-state index contributed by atoms with van der Waals surface area (Å²) in [5, 5.41) is 10.7. The highest BCUT2D eigenvalue weighted by Crippen LogP contribution is 2.24. The highest BCUT2D eigenvalue weighted by Gasteiger charge is 2.09. The van der Waals surface area contributed by atoms with Crippen LogP contribution in [0.4, 0.5) is 10.5 Å². The van der Waals surface area contributed by atoms with Crippen LogP contribution in [0.1, 0.15) is 16.7 Å². The van der Waals surface area contributed by atoms with Crippen molar-refractivity contribution in [2.75, 3.05) is 11.9 Å². The summed E-state index contributed by atoms with van der Waals surface area (Å²) in [6.07, 6.45) is 0.580. The van der Waals surface area contributed by atoms with Crippen molar-refractivity contribution in [3.63, 3.8) is 0 Å². The number of halogens is 1. The maximum absolute atomic E-state index is 12.0. The topological polar surface area (TPSA) is 101 Å². The molecular formula is C17H20BrN3O3S. The summed E-state index contributed by atoms with van der Waals surface area (Å²) in [5.74, 6) is 0. The summed E-state index contributed by atoms with van der Waals surface area (Å²) < 4.78 is 23.4. The molecule has 0 aliphatic rings. The molecule has 4 N–H and O–H groups in total. The zero-order valence-corrected chi connectivity index (χ0v) is 16.4. The molecule has 2 rings (SSSR count). The predicted molar refractivity (Wildman–Crippen MR) is 102 cm³/mol. The number of primary sulfonamides is 1. The minimum Gasteiger partial charge on any atom is -0.338 e. The van der Waals surface area contributed by atoms with Crippen molar-refractivity contribution < 1.29 is 13.2 Å². The third kappa shape index (κ3) is 5.55. The summed E-state index contributed by atoms with van der Waals surface area (Å²) in [5.41, 5.74) is 3.64. The van der Waals surface area contributed by atoms with Gasteiger partial charge in [0, 0.05) is 16.7 Å². The Morgan fingerprint density at radius 2 is 1.68 bits per heavy atom. The molecule has 8 heteroatoms. The number of carbonyl (C=O) groups is 1. The van der Waals surface area contributed by atoms with Crippen LogP contribution in [0.25, 0.3) is 0 Å². The third-order valence-corrected chi connectivity index (χ3v) is 5.07. The van der Waals surface area contributed by atoms with Crippen molar-refractivity contribution in [1.82, 2.24) is 5.32 Å². The van der Waals surface area contributed by atoms with Gasteiger partial charge in [-0.1, -0.05) is 28.1 Å². The average Bonchev–Trinajstić information content (AvgIpc) is 2.50. The second kappa shape index (κ2) is 7.99. The van der Waals surface area contributed by atoms with Gasteiger partial charge in [-0.3, -0.25) is 0 Å². The van der Waals surface area contributed by atoms with Crippen LogP contribution in [-0.2, 0) is 16.4 Å². The molecular weight excluding hydrogens is 406 g/mol. The summed E-state index contributed by atoms with van der Waals surface area (Å²) in [6.45, 7) is 4.29. The number of amides is 2. The van der Waals surface area contributed by atoms with Gasteiger partial charge in [0.2, 0.25) is 10.0 Å². The van der Waals surface area contributed by atoms with Gasteiger partial charge in [0.1, 0.15) is 0 Å². The molecule has 0 aliphatic carbocycles. The van der Waals surface area contributed by atoms with E-state index in [4.69, 9.17) is 5.14 Å². The highest BCUT2D eigenvalue weighted by atomic mass is 79.9. The van der Waals surface area contributed by atoms with Crippen molar-refractivity contribution in [2.24, 2.45) is 5.14 Å². The van der Waals surface area contributed by atoms with Gasteiger partial charge in [0.15, 0.2) is 0 Å². The van der Waals surface area contributed by atoms with Gasteiger partial charge in [-0.15, -0.1) is 0 Å². The number of urea groups is 1. The van der Waals surface area contributed by atoms with E-state index in [1.54, 1.807) is 12.1 Å². The van der Waals surface area contributed by atoms with Crippen LogP contribution in [0.3, 0.4) is 0 Å². The first kappa shape index (κ1) is 19.4. The molecule has 0 aromatic heterocycles. The number of nitrogens with two attached hydrogens (primary N) is 1. The number of hydrogen-bond donors (Lipinski definition) is 3. The van der Waals surface area contributed by atoms with Crippen LogP contribution in [-0.4, -0.2) is 21.0 Å². The lowest BCUT2D eigenvalue weighted by atomic mass is 10.1. The molecule has 0 aliphatic heterocycles. The molecule has 0 atom stereocenters. The van der Waals surface area contributed by atoms with Gasteiger partial charge in [-0.2, -0.15) is 0 Å². The minimum absolute atomic E-state index is 0.0724. The predicted octanol–water partition coefficient (Wildman–Crippen LogP) is 3.08. The zero-order chi connectivity index (χ0) is 18.6. The quantitative estimate of drug-likeness (QED) is 0.685. The van der Waals surface area contributed by atoms with Gasteiger partial charge in [0.25, 0.3) is 0 Å². The Labute approximate surface area is 156 Å². The molecule has 2 aromatic rings. The summed E-state index contributed by atoms with van der Waals surface area (Å²) in [6, 6.07) is 9.88. The number of hydrogen-bond acceptors (Lipinski definition) is 3. The number of anilines is 1. The largest absolute Gasteiger partial charge is 0.338 e. The van der Waals surface area contributed by atoms with Crippen molar-refractivity contribution in [1.29, 1.82) is 0 Å². The standard InChI is InChI=1S/C17H20BrN3O3S/c1-11-9-14(18)10-12(2)16(11)21-17(22)20-8-7-13-3-5-15(6-4-13)25(19,23)24/h3-6,9-10H,7-8H2,1-2H3,(H2,19,23,24)(H2,20,21,22). The molecule has 0 saturated carbocycles. The van der Waals surface area contributed by atoms with Crippen LogP contribution < -0.4 is 15.8 Å². The van der Waals surface area contributed by atoms with Crippen molar-refractivity contribution in [3.05, 3.63) is 57.6 Å². The minimum atomic E-state index is -3.68. The lowest BCUT2D eigenvalue weighted by Gasteiger charge is -2.13. The molecule has 0 unspecified atom stereocenters. The van der Waals surface area contributed by atoms with Gasteiger partial charge >= 0.3 is 6.03 Å². The smallest absolute Gasteiger partial charge is 0.319 e. The van der Waals surface area contributed by atoms with Crippen molar-refractivity contribution in [2.45, 2.75) is 25.2 Å². The molecule has 0 fully saturated rings. The number of benzene rings is 2. The first-order valence-corrected chi connectivity index (χ1v) is 9.94. The van der Waals surface area contributed by atoms with E-state index in [1.165, 1.54) is 12.1 Å². The fraction of sp³-hybridized carbons (Fsp3) is 0.235. The molecule has 0 radical (unpaired) electrons. The molecule has 0 saturated heterocycles. The van der Waals surface area contributed by atoms with Crippen LogP contribution >= 0.6 is 15.9 Å². The van der Waals surface area contributed by atoms with Crippen molar-refractivity contribution >= 4 is 37.7 Å². The Kier molecular flexibility index (Phi) is 6.21. The molecule has 0 bridgehead atoms. The number of rotatable bonds is 5. The van der Waals surface area contributed by atoms with Gasteiger partial charge in [-0.25, -0.2) is 18.4 Å². The summed E-state index contributed by atoms with van der Waals surface area (Å²) >= 11 is 3.42. The second-order valence-corrected chi connectivity index (χ2v) is 8.21. The molecule has 2 aromatic carbocycles. The Hall–Kier alpha value is -1.90. The van der Waals surface area contributed by atoms with E-state index in [2.05, 4.69) is 26.6 Å². The van der Waals surface area contributed by atoms with E-state index >= 15 is 0 Å². The van der Waals surface area contributed by atoms with E-state index in [-0.39, 0.29) is 10.9 Å². The maximum Gasteiger partial charge on any atom is 0.319 e. The summed E-state index contributed by atoms with van der Waals surface area (Å²) in [4.78, 5) is 12.1. The molecule has 6 nitrogen and oxygen atoms in total. The van der Waals surface area contributed by atoms with Gasteiger partial charge < -0.3 is 10.6 Å². The molecule has 2 amide bonds. The lowest BCUT2D eigenvalue weighted by Crippen LogP contribution is -2.31. The number of aryl methyl sites for hydroxylation is 2. The van der Waals surface area contributed by atoms with Crippen LogP contribution in [0.2, 0.25) is 0 Å². The monoisotopic (exact) mass is 425 g/mol. The molecule has 134 valence electrons. The average molecular weight is 426 g/mol. The Morgan fingerprint density at radius 3 is 2.20 bits per heavy atom. The van der Waals surface area contributed by atoms with E-state index < -0.39 is 10.0 Å². The lowest BCUT2D eigenvalue weighted by molar-refractivity contribution is 0.252. The molecule has 0 spiro atoms. The zero-order valence-electron chi connectivity index (χ0n) is 14.0. The van der Waals surface area contributed by atoms with Gasteiger partial charge in [0.05, 0.1) is 4.90 Å². The Morgan fingerprint density at radius 1 is 1.12 bits per heavy atom. The van der Waals surface area contributed by atoms with E-state index in [9.17, 15) is 13.2 Å². The van der Waals surface area contributed by atoms with E-state index in [1.807, 2.05) is 26.0 Å². The fourth-order valence-electron chi connectivity index (χ4n) is 2.43. The third-order valence-electron chi connectivity index (χ3n) is 3.69. The van der Waals surface area contributed by atoms with Crippen LogP contribution in [0.5, 0.6) is 0 Å². The normalized spacial score (nSPS) is 11.2. The molecule has 25 heavy (non-hydrogen) atoms.